The zero-order chi connectivity index (χ0) is 10.7. The van der Waals surface area contributed by atoms with Crippen molar-refractivity contribution < 1.29 is 25.2 Å². The second kappa shape index (κ2) is 4.04. The van der Waals surface area contributed by atoms with Crippen LogP contribution in [-0.2, 0) is 4.79 Å². The monoisotopic (exact) mass is 192 g/mol. The van der Waals surface area contributed by atoms with Crippen LogP contribution in [0.2, 0.25) is 0 Å². The van der Waals surface area contributed by atoms with Crippen molar-refractivity contribution in [1.29, 1.82) is 0 Å². The molecule has 0 aliphatic rings. The van der Waals surface area contributed by atoms with Crippen LogP contribution in [-0.4, -0.2) is 37.8 Å². The molecule has 0 aromatic rings. The lowest BCUT2D eigenvalue weighted by Crippen LogP contribution is -2.59. The molecule has 0 aromatic carbocycles. The van der Waals surface area contributed by atoms with Crippen LogP contribution >= 0.6 is 0 Å². The number of aliphatic hydroxyl groups is 3. The van der Waals surface area contributed by atoms with Gasteiger partial charge < -0.3 is 20.4 Å². The molecule has 0 fully saturated rings. The highest BCUT2D eigenvalue weighted by molar-refractivity contribution is 5.78. The van der Waals surface area contributed by atoms with Gasteiger partial charge in [0.25, 0.3) is 0 Å². The topological polar surface area (TPSA) is 98.0 Å². The molecule has 1 atom stereocenters. The van der Waals surface area contributed by atoms with E-state index in [1.54, 1.807) is 6.92 Å². The first-order valence-corrected chi connectivity index (χ1v) is 4.22. The Balaban J connectivity index is 4.83. The molecule has 0 amide bonds. The third kappa shape index (κ3) is 2.18. The first-order chi connectivity index (χ1) is 5.81. The summed E-state index contributed by atoms with van der Waals surface area (Å²) in [7, 11) is 0. The van der Waals surface area contributed by atoms with Crippen LogP contribution in [0.15, 0.2) is 0 Å². The number of aliphatic carboxylic acids is 1. The minimum absolute atomic E-state index is 0.177. The molecule has 0 heterocycles. The maximum absolute atomic E-state index is 10.6. The number of hydrogen-bond donors (Lipinski definition) is 4. The molecular weight excluding hydrogens is 176 g/mol. The second-order valence-electron chi connectivity index (χ2n) is 3.09. The van der Waals surface area contributed by atoms with Gasteiger partial charge in [0.1, 0.15) is 0 Å². The van der Waals surface area contributed by atoms with E-state index in [1.807, 2.05) is 0 Å². The lowest BCUT2D eigenvalue weighted by molar-refractivity contribution is -0.276. The first kappa shape index (κ1) is 12.3. The van der Waals surface area contributed by atoms with E-state index in [2.05, 4.69) is 0 Å². The van der Waals surface area contributed by atoms with Gasteiger partial charge in [-0.1, -0.05) is 20.3 Å². The van der Waals surface area contributed by atoms with Gasteiger partial charge in [0.15, 0.2) is 0 Å². The van der Waals surface area contributed by atoms with Crippen molar-refractivity contribution >= 4 is 5.97 Å². The normalized spacial score (nSPS) is 16.7. The molecular formula is C8H16O5. The molecule has 0 saturated heterocycles. The van der Waals surface area contributed by atoms with Gasteiger partial charge in [-0.15, -0.1) is 0 Å². The Hall–Kier alpha value is -0.650. The van der Waals surface area contributed by atoms with E-state index >= 15 is 0 Å². The smallest absolute Gasteiger partial charge is 0.341 e. The molecule has 0 aliphatic heterocycles. The standard InChI is InChI=1S/C8H16O5/c1-3-5-8(12,13)7(11,4-2)6(9)10/h11-13H,3-5H2,1-2H3,(H,9,10). The zero-order valence-corrected chi connectivity index (χ0v) is 7.82. The fraction of sp³-hybridized carbons (Fsp3) is 0.875. The fourth-order valence-corrected chi connectivity index (χ4v) is 1.16. The zero-order valence-electron chi connectivity index (χ0n) is 7.82. The lowest BCUT2D eigenvalue weighted by atomic mass is 9.87. The number of carbonyl (C=O) groups is 1. The SMILES string of the molecule is CCCC(O)(O)C(O)(CC)C(=O)O. The van der Waals surface area contributed by atoms with Gasteiger partial charge in [-0.2, -0.15) is 0 Å². The predicted molar refractivity (Wildman–Crippen MR) is 45.0 cm³/mol. The Labute approximate surface area is 76.6 Å². The minimum atomic E-state index is -2.57. The van der Waals surface area contributed by atoms with Gasteiger partial charge in [0.05, 0.1) is 0 Å². The summed E-state index contributed by atoms with van der Waals surface area (Å²) in [6.07, 6.45) is -0.0540. The van der Waals surface area contributed by atoms with Gasteiger partial charge >= 0.3 is 5.97 Å². The first-order valence-electron chi connectivity index (χ1n) is 4.22. The van der Waals surface area contributed by atoms with Crippen LogP contribution < -0.4 is 0 Å². The van der Waals surface area contributed by atoms with Crippen LogP contribution in [0, 0.1) is 0 Å². The number of hydrogen-bond acceptors (Lipinski definition) is 4. The molecule has 0 bridgehead atoms. The molecule has 13 heavy (non-hydrogen) atoms. The van der Waals surface area contributed by atoms with E-state index in [4.69, 9.17) is 5.11 Å². The fourth-order valence-electron chi connectivity index (χ4n) is 1.16. The summed E-state index contributed by atoms with van der Waals surface area (Å²) in [5.41, 5.74) is -2.48. The van der Waals surface area contributed by atoms with Gasteiger partial charge in [0, 0.05) is 6.42 Å². The molecule has 1 unspecified atom stereocenters. The van der Waals surface area contributed by atoms with Crippen LogP contribution in [0.1, 0.15) is 33.1 Å². The maximum atomic E-state index is 10.6. The van der Waals surface area contributed by atoms with Crippen LogP contribution in [0.3, 0.4) is 0 Å². The molecule has 0 aromatic heterocycles. The van der Waals surface area contributed by atoms with E-state index in [1.165, 1.54) is 6.92 Å². The summed E-state index contributed by atoms with van der Waals surface area (Å²) in [5, 5.41) is 36.7. The summed E-state index contributed by atoms with van der Waals surface area (Å²) in [6, 6.07) is 0. The summed E-state index contributed by atoms with van der Waals surface area (Å²) in [4.78, 5) is 10.6. The van der Waals surface area contributed by atoms with Gasteiger partial charge in [0.2, 0.25) is 11.4 Å². The van der Waals surface area contributed by atoms with Crippen molar-refractivity contribution in [3.63, 3.8) is 0 Å². The van der Waals surface area contributed by atoms with E-state index in [0.717, 1.165) is 0 Å². The van der Waals surface area contributed by atoms with E-state index < -0.39 is 17.4 Å². The Morgan fingerprint density at radius 2 is 1.69 bits per heavy atom. The van der Waals surface area contributed by atoms with Crippen molar-refractivity contribution in [2.45, 2.75) is 44.5 Å². The van der Waals surface area contributed by atoms with E-state index in [0.29, 0.717) is 6.42 Å². The highest BCUT2D eigenvalue weighted by Crippen LogP contribution is 2.28. The van der Waals surface area contributed by atoms with Crippen molar-refractivity contribution in [2.24, 2.45) is 0 Å². The molecule has 0 rings (SSSR count). The van der Waals surface area contributed by atoms with Crippen molar-refractivity contribution in [3.8, 4) is 0 Å². The summed E-state index contributed by atoms with van der Waals surface area (Å²) >= 11 is 0. The van der Waals surface area contributed by atoms with Crippen molar-refractivity contribution in [2.75, 3.05) is 0 Å². The minimum Gasteiger partial charge on any atom is -0.479 e. The number of rotatable bonds is 5. The van der Waals surface area contributed by atoms with Crippen LogP contribution in [0.5, 0.6) is 0 Å². The maximum Gasteiger partial charge on any atom is 0.341 e. The molecule has 5 heteroatoms. The molecule has 0 radical (unpaired) electrons. The summed E-state index contributed by atoms with van der Waals surface area (Å²) in [6.45, 7) is 3.05. The Morgan fingerprint density at radius 3 is 1.92 bits per heavy atom. The number of carboxylic acid groups (broad SMARTS) is 1. The van der Waals surface area contributed by atoms with Crippen LogP contribution in [0.4, 0.5) is 0 Å². The molecule has 4 N–H and O–H groups in total. The van der Waals surface area contributed by atoms with E-state index in [-0.39, 0.29) is 12.8 Å². The Morgan fingerprint density at radius 1 is 1.23 bits per heavy atom. The summed E-state index contributed by atoms with van der Waals surface area (Å²) < 4.78 is 0. The van der Waals surface area contributed by atoms with E-state index in [9.17, 15) is 20.1 Å². The average molecular weight is 192 g/mol. The molecule has 0 aliphatic carbocycles. The quantitative estimate of drug-likeness (QED) is 0.448. The molecule has 78 valence electrons. The highest BCUT2D eigenvalue weighted by atomic mass is 16.5. The molecule has 0 saturated carbocycles. The Bertz CT molecular complexity index is 189. The van der Waals surface area contributed by atoms with Crippen molar-refractivity contribution in [1.82, 2.24) is 0 Å². The van der Waals surface area contributed by atoms with Crippen LogP contribution in [0.25, 0.3) is 0 Å². The van der Waals surface area contributed by atoms with Gasteiger partial charge in [-0.3, -0.25) is 0 Å². The average Bonchev–Trinajstić information content (AvgIpc) is 2.02. The van der Waals surface area contributed by atoms with Gasteiger partial charge in [-0.25, -0.2) is 4.79 Å². The second-order valence-corrected chi connectivity index (χ2v) is 3.09. The van der Waals surface area contributed by atoms with Gasteiger partial charge in [-0.05, 0) is 6.42 Å². The molecule has 0 spiro atoms. The molecule has 5 nitrogen and oxygen atoms in total. The predicted octanol–water partition coefficient (Wildman–Crippen LogP) is -0.307. The number of carboxylic acids is 1. The summed E-state index contributed by atoms with van der Waals surface area (Å²) in [5.74, 6) is -4.18. The Kier molecular flexibility index (Phi) is 3.84. The lowest BCUT2D eigenvalue weighted by Gasteiger charge is -2.35. The van der Waals surface area contributed by atoms with Crippen molar-refractivity contribution in [3.05, 3.63) is 0 Å². The largest absolute Gasteiger partial charge is 0.479 e. The third-order valence-electron chi connectivity index (χ3n) is 2.13. The highest BCUT2D eigenvalue weighted by Gasteiger charge is 2.52. The third-order valence-corrected chi connectivity index (χ3v) is 2.13.